The minimum absolute atomic E-state index is 0.341. The summed E-state index contributed by atoms with van der Waals surface area (Å²) in [5, 5.41) is 2.80. The van der Waals surface area contributed by atoms with E-state index in [9.17, 15) is 14.4 Å². The van der Waals surface area contributed by atoms with Gasteiger partial charge in [0.25, 0.3) is 5.91 Å². The van der Waals surface area contributed by atoms with E-state index in [1.165, 1.54) is 6.07 Å². The number of aryl methyl sites for hydroxylation is 1. The highest BCUT2D eigenvalue weighted by Gasteiger charge is 2.26. The second-order valence-corrected chi connectivity index (χ2v) is 12.7. The lowest BCUT2D eigenvalue weighted by molar-refractivity contribution is 0.0260. The highest BCUT2D eigenvalue weighted by Crippen LogP contribution is 2.29. The first kappa shape index (κ1) is 30.9. The van der Waals surface area contributed by atoms with E-state index in [0.717, 1.165) is 16.7 Å². The first-order valence-electron chi connectivity index (χ1n) is 14.2. The van der Waals surface area contributed by atoms with Gasteiger partial charge in [0.1, 0.15) is 22.7 Å². The minimum Gasteiger partial charge on any atom is -0.444 e. The van der Waals surface area contributed by atoms with E-state index in [4.69, 9.17) is 9.47 Å². The Morgan fingerprint density at radius 2 is 1.38 bits per heavy atom. The standard InChI is InChI=1S/C32H41FN4O5/c1-31(2,3)41-29(39)36-14-10-21(11-15-36)23-18-27(35(7)20-23)28(38)34-24-8-9-25(26(33)19-24)22-12-16-37(17-13-22)30(40)42-32(4,5)6/h8-10,12,18-20H,11,13-17H2,1-7H3,(H,34,38). The summed E-state index contributed by atoms with van der Waals surface area (Å²) in [6, 6.07) is 6.45. The van der Waals surface area contributed by atoms with E-state index in [1.807, 2.05) is 59.9 Å². The molecule has 0 bridgehead atoms. The summed E-state index contributed by atoms with van der Waals surface area (Å²) in [5.74, 6) is -0.799. The van der Waals surface area contributed by atoms with Crippen LogP contribution in [0.15, 0.2) is 42.6 Å². The van der Waals surface area contributed by atoms with E-state index in [2.05, 4.69) is 5.32 Å². The van der Waals surface area contributed by atoms with Gasteiger partial charge in [-0.15, -0.1) is 0 Å². The zero-order valence-corrected chi connectivity index (χ0v) is 25.5. The summed E-state index contributed by atoms with van der Waals surface area (Å²) in [4.78, 5) is 41.0. The predicted molar refractivity (Wildman–Crippen MR) is 161 cm³/mol. The zero-order valence-electron chi connectivity index (χ0n) is 25.5. The fourth-order valence-electron chi connectivity index (χ4n) is 4.84. The maximum atomic E-state index is 15.1. The number of halogens is 1. The van der Waals surface area contributed by atoms with E-state index in [1.54, 1.807) is 39.6 Å². The Morgan fingerprint density at radius 3 is 1.86 bits per heavy atom. The van der Waals surface area contributed by atoms with Gasteiger partial charge >= 0.3 is 12.2 Å². The van der Waals surface area contributed by atoms with E-state index >= 15 is 4.39 Å². The molecule has 10 heteroatoms. The molecular formula is C32H41FN4O5. The number of anilines is 1. The summed E-state index contributed by atoms with van der Waals surface area (Å²) >= 11 is 0. The molecule has 2 aliphatic rings. The molecule has 4 rings (SSSR count). The number of nitrogens with zero attached hydrogens (tertiary/aromatic N) is 3. The zero-order chi connectivity index (χ0) is 30.8. The smallest absolute Gasteiger partial charge is 0.410 e. The number of hydrogen-bond donors (Lipinski definition) is 1. The molecule has 3 amide bonds. The Bertz CT molecular complexity index is 1430. The summed E-state index contributed by atoms with van der Waals surface area (Å²) in [6.45, 7) is 12.7. The molecular weight excluding hydrogens is 539 g/mol. The van der Waals surface area contributed by atoms with Gasteiger partial charge in [-0.25, -0.2) is 14.0 Å². The maximum Gasteiger partial charge on any atom is 0.410 e. The summed E-state index contributed by atoms with van der Waals surface area (Å²) in [5.41, 5.74) is 2.86. The third kappa shape index (κ3) is 7.80. The topological polar surface area (TPSA) is 93.1 Å². The lowest BCUT2D eigenvalue weighted by atomic mass is 9.98. The molecule has 1 aromatic carbocycles. The van der Waals surface area contributed by atoms with Gasteiger partial charge in [-0.2, -0.15) is 0 Å². The van der Waals surface area contributed by atoms with Crippen molar-refractivity contribution in [3.8, 4) is 0 Å². The Morgan fingerprint density at radius 1 is 0.833 bits per heavy atom. The van der Waals surface area contributed by atoms with Crippen molar-refractivity contribution >= 4 is 34.9 Å². The van der Waals surface area contributed by atoms with Crippen LogP contribution in [0.4, 0.5) is 19.7 Å². The number of ether oxygens (including phenoxy) is 2. The van der Waals surface area contributed by atoms with E-state index in [-0.39, 0.29) is 18.1 Å². The number of carbonyl (C=O) groups excluding carboxylic acids is 3. The van der Waals surface area contributed by atoms with Gasteiger partial charge in [-0.3, -0.25) is 4.79 Å². The number of benzene rings is 1. The number of hydrogen-bond acceptors (Lipinski definition) is 5. The van der Waals surface area contributed by atoms with Crippen molar-refractivity contribution in [1.29, 1.82) is 0 Å². The molecule has 226 valence electrons. The largest absolute Gasteiger partial charge is 0.444 e. The van der Waals surface area contributed by atoms with Crippen LogP contribution < -0.4 is 5.32 Å². The van der Waals surface area contributed by atoms with Crippen molar-refractivity contribution in [3.05, 3.63) is 65.3 Å². The number of rotatable bonds is 4. The first-order valence-corrected chi connectivity index (χ1v) is 14.2. The highest BCUT2D eigenvalue weighted by atomic mass is 19.1. The second-order valence-electron chi connectivity index (χ2n) is 12.7. The summed E-state index contributed by atoms with van der Waals surface area (Å²) in [6.07, 6.45) is 6.10. The third-order valence-corrected chi connectivity index (χ3v) is 6.90. The number of amides is 3. The number of carbonyl (C=O) groups is 3. The van der Waals surface area contributed by atoms with Crippen molar-refractivity contribution in [2.75, 3.05) is 31.5 Å². The van der Waals surface area contributed by atoms with Crippen LogP contribution in [0, 0.1) is 5.82 Å². The van der Waals surface area contributed by atoms with Gasteiger partial charge in [0.15, 0.2) is 0 Å². The molecule has 9 nitrogen and oxygen atoms in total. The monoisotopic (exact) mass is 580 g/mol. The summed E-state index contributed by atoms with van der Waals surface area (Å²) < 4.78 is 27.7. The lowest BCUT2D eigenvalue weighted by Gasteiger charge is -2.29. The first-order chi connectivity index (χ1) is 19.6. The van der Waals surface area contributed by atoms with Crippen molar-refractivity contribution in [2.24, 2.45) is 7.05 Å². The van der Waals surface area contributed by atoms with Gasteiger partial charge < -0.3 is 29.2 Å². The Labute approximate surface area is 246 Å². The average molecular weight is 581 g/mol. The summed E-state index contributed by atoms with van der Waals surface area (Å²) in [7, 11) is 1.79. The SMILES string of the molecule is Cn1cc(C2=CCN(C(=O)OC(C)(C)C)CC2)cc1C(=O)Nc1ccc(C2=CCN(C(=O)OC(C)(C)C)CC2)c(F)c1. The number of nitrogens with one attached hydrogen (secondary N) is 1. The maximum absolute atomic E-state index is 15.1. The van der Waals surface area contributed by atoms with Crippen LogP contribution in [0.5, 0.6) is 0 Å². The van der Waals surface area contributed by atoms with Gasteiger partial charge in [-0.05, 0) is 95.4 Å². The molecule has 0 saturated carbocycles. The quantitative estimate of drug-likeness (QED) is 0.448. The minimum atomic E-state index is -0.577. The van der Waals surface area contributed by atoms with Gasteiger partial charge in [0.05, 0.1) is 0 Å². The van der Waals surface area contributed by atoms with Gasteiger partial charge in [0.2, 0.25) is 0 Å². The lowest BCUT2D eigenvalue weighted by Crippen LogP contribution is -2.39. The van der Waals surface area contributed by atoms with Crippen LogP contribution in [0.2, 0.25) is 0 Å². The predicted octanol–water partition coefficient (Wildman–Crippen LogP) is 6.46. The molecule has 2 aliphatic heterocycles. The van der Waals surface area contributed by atoms with E-state index < -0.39 is 17.0 Å². The molecule has 0 aliphatic carbocycles. The fraction of sp³-hybridized carbons (Fsp3) is 0.469. The van der Waals surface area contributed by atoms with E-state index in [0.29, 0.717) is 56.0 Å². The van der Waals surface area contributed by atoms with Crippen LogP contribution in [-0.2, 0) is 16.5 Å². The molecule has 2 aromatic rings. The molecule has 0 saturated heterocycles. The van der Waals surface area contributed by atoms with Crippen LogP contribution in [0.25, 0.3) is 11.1 Å². The molecule has 1 N–H and O–H groups in total. The molecule has 0 unspecified atom stereocenters. The third-order valence-electron chi connectivity index (χ3n) is 6.90. The molecule has 42 heavy (non-hydrogen) atoms. The fourth-order valence-corrected chi connectivity index (χ4v) is 4.84. The van der Waals surface area contributed by atoms with Gasteiger partial charge in [-0.1, -0.05) is 12.2 Å². The van der Waals surface area contributed by atoms with Crippen molar-refractivity contribution in [1.82, 2.24) is 14.4 Å². The molecule has 0 radical (unpaired) electrons. The Balaban J connectivity index is 1.38. The molecule has 0 spiro atoms. The molecule has 3 heterocycles. The molecule has 0 atom stereocenters. The average Bonchev–Trinajstić information content (AvgIpc) is 3.29. The van der Waals surface area contributed by atoms with Crippen molar-refractivity contribution in [3.63, 3.8) is 0 Å². The van der Waals surface area contributed by atoms with Crippen molar-refractivity contribution < 1.29 is 28.2 Å². The molecule has 1 aromatic heterocycles. The van der Waals surface area contributed by atoms with Gasteiger partial charge in [0, 0.05) is 50.7 Å². The normalized spacial score (nSPS) is 16.0. The van der Waals surface area contributed by atoms with Crippen LogP contribution >= 0.6 is 0 Å². The van der Waals surface area contributed by atoms with Crippen LogP contribution in [-0.4, -0.2) is 69.8 Å². The van der Waals surface area contributed by atoms with Crippen LogP contribution in [0.1, 0.15) is 76.0 Å². The Kier molecular flexibility index (Phi) is 8.84. The highest BCUT2D eigenvalue weighted by molar-refractivity contribution is 6.04. The molecule has 0 fully saturated rings. The number of aromatic nitrogens is 1. The van der Waals surface area contributed by atoms with Crippen LogP contribution in [0.3, 0.4) is 0 Å². The van der Waals surface area contributed by atoms with Crippen molar-refractivity contribution in [2.45, 2.75) is 65.6 Å². The second kappa shape index (κ2) is 12.0. The Hall–Kier alpha value is -4.08.